The minimum absolute atomic E-state index is 0.0399. The van der Waals surface area contributed by atoms with Crippen molar-refractivity contribution in [2.24, 2.45) is 5.92 Å². The number of piperidine rings is 1. The first-order valence-electron chi connectivity index (χ1n) is 7.55. The van der Waals surface area contributed by atoms with Crippen molar-refractivity contribution < 1.29 is 19.1 Å². The zero-order valence-corrected chi connectivity index (χ0v) is 14.6. The zero-order valence-electron chi connectivity index (χ0n) is 13.8. The Balaban J connectivity index is 2.25. The maximum absolute atomic E-state index is 12.0. The van der Waals surface area contributed by atoms with Gasteiger partial charge in [0.2, 0.25) is 5.91 Å². The van der Waals surface area contributed by atoms with Crippen LogP contribution >= 0.6 is 11.8 Å². The minimum Gasteiger partial charge on any atom is -0.444 e. The second kappa shape index (κ2) is 8.41. The van der Waals surface area contributed by atoms with Crippen molar-refractivity contribution in [2.75, 3.05) is 25.4 Å². The fourth-order valence-electron chi connectivity index (χ4n) is 2.16. The van der Waals surface area contributed by atoms with Crippen LogP contribution < -0.4 is 5.32 Å². The summed E-state index contributed by atoms with van der Waals surface area (Å²) in [4.78, 5) is 36.3. The van der Waals surface area contributed by atoms with Crippen molar-refractivity contribution in [1.29, 1.82) is 0 Å². The van der Waals surface area contributed by atoms with Crippen LogP contribution in [0.1, 0.15) is 40.5 Å². The molecule has 0 radical (unpaired) electrons. The number of alkyl carbamates (subject to hydrolysis) is 1. The summed E-state index contributed by atoms with van der Waals surface area (Å²) >= 11 is 1.35. The third-order valence-corrected chi connectivity index (χ3v) is 4.32. The average molecular weight is 330 g/mol. The number of thioether (sulfide) groups is 1. The topological polar surface area (TPSA) is 75.7 Å². The summed E-state index contributed by atoms with van der Waals surface area (Å²) in [6.07, 6.45) is 1.23. The predicted octanol–water partition coefficient (Wildman–Crippen LogP) is 2.03. The van der Waals surface area contributed by atoms with E-state index in [1.807, 2.05) is 0 Å². The van der Waals surface area contributed by atoms with E-state index in [0.29, 0.717) is 19.0 Å². The lowest BCUT2D eigenvalue weighted by Gasteiger charge is -2.31. The minimum atomic E-state index is -0.575. The third-order valence-electron chi connectivity index (χ3n) is 3.27. The molecular formula is C15H26N2O4S. The molecule has 1 saturated heterocycles. The average Bonchev–Trinajstić information content (AvgIpc) is 2.41. The lowest BCUT2D eigenvalue weighted by Crippen LogP contribution is -2.45. The molecule has 7 heteroatoms. The summed E-state index contributed by atoms with van der Waals surface area (Å²) in [5.74, 6) is 1.22. The molecule has 1 heterocycles. The van der Waals surface area contributed by atoms with E-state index in [9.17, 15) is 14.4 Å². The van der Waals surface area contributed by atoms with Crippen molar-refractivity contribution >= 4 is 28.9 Å². The van der Waals surface area contributed by atoms with Gasteiger partial charge in [0.1, 0.15) is 12.1 Å². The van der Waals surface area contributed by atoms with Gasteiger partial charge in [0.25, 0.3) is 0 Å². The first kappa shape index (κ1) is 18.8. The highest BCUT2D eigenvalue weighted by Gasteiger charge is 2.24. The molecule has 0 bridgehead atoms. The lowest BCUT2D eigenvalue weighted by molar-refractivity contribution is -0.131. The fraction of sp³-hybridized carbons (Fsp3) is 0.800. The van der Waals surface area contributed by atoms with Crippen LogP contribution in [0.5, 0.6) is 0 Å². The van der Waals surface area contributed by atoms with Crippen LogP contribution in [0.25, 0.3) is 0 Å². The number of rotatable bonds is 4. The van der Waals surface area contributed by atoms with Crippen LogP contribution in [0.4, 0.5) is 4.79 Å². The summed E-state index contributed by atoms with van der Waals surface area (Å²) in [6.45, 7) is 8.22. The van der Waals surface area contributed by atoms with Crippen LogP contribution in [-0.2, 0) is 14.3 Å². The van der Waals surface area contributed by atoms with Gasteiger partial charge in [-0.05, 0) is 39.5 Å². The molecule has 1 rings (SSSR count). The SMILES string of the molecule is CC(=O)SCC1CCN(C(=O)CNC(=O)OC(C)(C)C)CC1. The number of ether oxygens (including phenoxy) is 1. The van der Waals surface area contributed by atoms with Crippen LogP contribution in [0.2, 0.25) is 0 Å². The third kappa shape index (κ3) is 7.68. The number of hydrogen-bond acceptors (Lipinski definition) is 5. The summed E-state index contributed by atoms with van der Waals surface area (Å²) in [6, 6.07) is 0. The molecule has 2 amide bonds. The molecule has 0 aromatic carbocycles. The molecule has 126 valence electrons. The van der Waals surface area contributed by atoms with E-state index in [4.69, 9.17) is 4.74 Å². The normalized spacial score (nSPS) is 16.3. The van der Waals surface area contributed by atoms with Crippen LogP contribution in [0, 0.1) is 5.92 Å². The van der Waals surface area contributed by atoms with E-state index in [1.54, 1.807) is 32.6 Å². The molecular weight excluding hydrogens is 304 g/mol. The Labute approximate surface area is 136 Å². The number of nitrogens with one attached hydrogen (secondary N) is 1. The summed E-state index contributed by atoms with van der Waals surface area (Å²) in [5, 5.41) is 2.63. The van der Waals surface area contributed by atoms with E-state index in [2.05, 4.69) is 5.32 Å². The monoisotopic (exact) mass is 330 g/mol. The Morgan fingerprint density at radius 1 is 1.23 bits per heavy atom. The second-order valence-electron chi connectivity index (χ2n) is 6.48. The van der Waals surface area contributed by atoms with Gasteiger partial charge in [0.05, 0.1) is 0 Å². The first-order valence-corrected chi connectivity index (χ1v) is 8.54. The van der Waals surface area contributed by atoms with E-state index >= 15 is 0 Å². The molecule has 0 saturated carbocycles. The number of amides is 2. The molecule has 1 aliphatic heterocycles. The van der Waals surface area contributed by atoms with Gasteiger partial charge in [-0.25, -0.2) is 4.79 Å². The number of hydrogen-bond donors (Lipinski definition) is 1. The van der Waals surface area contributed by atoms with Gasteiger partial charge < -0.3 is 15.0 Å². The molecule has 22 heavy (non-hydrogen) atoms. The molecule has 1 fully saturated rings. The Kier molecular flexibility index (Phi) is 7.19. The van der Waals surface area contributed by atoms with Crippen molar-refractivity contribution in [3.63, 3.8) is 0 Å². The molecule has 1 N–H and O–H groups in total. The predicted molar refractivity (Wildman–Crippen MR) is 86.7 cm³/mol. The number of nitrogens with zero attached hydrogens (tertiary/aromatic N) is 1. The van der Waals surface area contributed by atoms with Gasteiger partial charge in [0.15, 0.2) is 5.12 Å². The number of likely N-dealkylation sites (tertiary alicyclic amines) is 1. The van der Waals surface area contributed by atoms with Gasteiger partial charge in [-0.3, -0.25) is 9.59 Å². The second-order valence-corrected chi connectivity index (χ2v) is 7.68. The Morgan fingerprint density at radius 3 is 2.32 bits per heavy atom. The van der Waals surface area contributed by atoms with E-state index in [1.165, 1.54) is 11.8 Å². The summed E-state index contributed by atoms with van der Waals surface area (Å²) in [7, 11) is 0. The van der Waals surface area contributed by atoms with Gasteiger partial charge in [-0.15, -0.1) is 0 Å². The van der Waals surface area contributed by atoms with E-state index < -0.39 is 11.7 Å². The number of carbonyl (C=O) groups excluding carboxylic acids is 3. The molecule has 0 aliphatic carbocycles. The standard InChI is InChI=1S/C15H26N2O4S/c1-11(18)22-10-12-5-7-17(8-6-12)13(19)9-16-14(20)21-15(2,3)4/h12H,5-10H2,1-4H3,(H,16,20). The highest BCUT2D eigenvalue weighted by Crippen LogP contribution is 2.21. The smallest absolute Gasteiger partial charge is 0.408 e. The molecule has 0 atom stereocenters. The lowest BCUT2D eigenvalue weighted by atomic mass is 9.99. The Bertz CT molecular complexity index is 412. The van der Waals surface area contributed by atoms with Gasteiger partial charge in [-0.1, -0.05) is 11.8 Å². The van der Waals surface area contributed by atoms with Crippen molar-refractivity contribution in [3.8, 4) is 0 Å². The van der Waals surface area contributed by atoms with Crippen molar-refractivity contribution in [2.45, 2.75) is 46.1 Å². The maximum atomic E-state index is 12.0. The first-order chi connectivity index (χ1) is 10.2. The van der Waals surface area contributed by atoms with Crippen LogP contribution in [-0.4, -0.2) is 53.0 Å². The van der Waals surface area contributed by atoms with Gasteiger partial charge in [0, 0.05) is 25.8 Å². The molecule has 1 aliphatic rings. The van der Waals surface area contributed by atoms with Crippen molar-refractivity contribution in [1.82, 2.24) is 10.2 Å². The van der Waals surface area contributed by atoms with E-state index in [-0.39, 0.29) is 17.6 Å². The molecule has 0 spiro atoms. The van der Waals surface area contributed by atoms with Crippen LogP contribution in [0.15, 0.2) is 0 Å². The van der Waals surface area contributed by atoms with Crippen LogP contribution in [0.3, 0.4) is 0 Å². The summed E-state index contributed by atoms with van der Waals surface area (Å²) in [5.41, 5.74) is -0.570. The molecule has 6 nitrogen and oxygen atoms in total. The fourth-order valence-corrected chi connectivity index (χ4v) is 2.96. The van der Waals surface area contributed by atoms with E-state index in [0.717, 1.165) is 18.6 Å². The quantitative estimate of drug-likeness (QED) is 0.853. The number of carbonyl (C=O) groups is 3. The summed E-state index contributed by atoms with van der Waals surface area (Å²) < 4.78 is 5.09. The highest BCUT2D eigenvalue weighted by atomic mass is 32.2. The van der Waals surface area contributed by atoms with Crippen molar-refractivity contribution in [3.05, 3.63) is 0 Å². The maximum Gasteiger partial charge on any atom is 0.408 e. The molecule has 0 aromatic rings. The Morgan fingerprint density at radius 2 is 1.82 bits per heavy atom. The molecule has 0 aromatic heterocycles. The highest BCUT2D eigenvalue weighted by molar-refractivity contribution is 8.13. The largest absolute Gasteiger partial charge is 0.444 e. The Hall–Kier alpha value is -1.24. The zero-order chi connectivity index (χ0) is 16.8. The molecule has 0 unspecified atom stereocenters. The van der Waals surface area contributed by atoms with Gasteiger partial charge in [-0.2, -0.15) is 0 Å². The van der Waals surface area contributed by atoms with Gasteiger partial charge >= 0.3 is 6.09 Å².